The quantitative estimate of drug-likeness (QED) is 0.782. The Bertz CT molecular complexity index is 663. The van der Waals surface area contributed by atoms with E-state index in [0.29, 0.717) is 11.8 Å². The maximum atomic E-state index is 10.4. The predicted molar refractivity (Wildman–Crippen MR) is 94.6 cm³/mol. The molecule has 3 heteroatoms. The fourth-order valence-electron chi connectivity index (χ4n) is 2.57. The Morgan fingerprint density at radius 3 is 2.68 bits per heavy atom. The molecule has 0 amide bonds. The lowest BCUT2D eigenvalue weighted by Gasteiger charge is -2.20. The van der Waals surface area contributed by atoms with Crippen molar-refractivity contribution >= 4 is 10.9 Å². The molecule has 0 aliphatic carbocycles. The molecule has 0 atom stereocenters. The molecule has 2 rings (SSSR count). The number of aromatic hydroxyl groups is 1. The molecule has 0 unspecified atom stereocenters. The van der Waals surface area contributed by atoms with Gasteiger partial charge in [0.15, 0.2) is 0 Å². The average Bonchev–Trinajstić information content (AvgIpc) is 2.86. The smallest absolute Gasteiger partial charge is 0.125 e. The molecule has 120 valence electrons. The number of hydrogen-bond donors (Lipinski definition) is 2. The zero-order valence-electron chi connectivity index (χ0n) is 14.4. The molecule has 0 aliphatic heterocycles. The summed E-state index contributed by atoms with van der Waals surface area (Å²) in [6, 6.07) is 4.57. The molecule has 2 N–H and O–H groups in total. The molecule has 2 aromatic rings. The van der Waals surface area contributed by atoms with Crippen molar-refractivity contribution in [1.29, 1.82) is 0 Å². The van der Waals surface area contributed by atoms with Crippen LogP contribution in [0.1, 0.15) is 38.8 Å². The molecule has 0 aliphatic rings. The van der Waals surface area contributed by atoms with Gasteiger partial charge in [0, 0.05) is 29.7 Å². The zero-order valence-corrected chi connectivity index (χ0v) is 14.4. The number of fused-ring (bicyclic) bond motifs is 1. The fourth-order valence-corrected chi connectivity index (χ4v) is 2.57. The second-order valence-electron chi connectivity index (χ2n) is 6.66. The van der Waals surface area contributed by atoms with E-state index >= 15 is 0 Å². The van der Waals surface area contributed by atoms with Crippen LogP contribution in [0.4, 0.5) is 0 Å². The number of nitrogens with one attached hydrogen (secondary N) is 1. The first-order chi connectivity index (χ1) is 10.4. The molecule has 0 radical (unpaired) electrons. The van der Waals surface area contributed by atoms with Crippen molar-refractivity contribution in [3.63, 3.8) is 0 Å². The Kier molecular flexibility index (Phi) is 5.30. The first-order valence-corrected chi connectivity index (χ1v) is 8.04. The minimum Gasteiger partial charge on any atom is -0.507 e. The summed E-state index contributed by atoms with van der Waals surface area (Å²) in [5.41, 5.74) is 4.65. The highest BCUT2D eigenvalue weighted by Crippen LogP contribution is 2.30. The molecule has 1 aromatic carbocycles. The molecular weight excluding hydrogens is 272 g/mol. The van der Waals surface area contributed by atoms with E-state index in [1.54, 1.807) is 0 Å². The van der Waals surface area contributed by atoms with Crippen molar-refractivity contribution < 1.29 is 5.11 Å². The van der Waals surface area contributed by atoms with Crippen LogP contribution in [0.25, 0.3) is 10.9 Å². The van der Waals surface area contributed by atoms with E-state index in [1.807, 2.05) is 12.3 Å². The van der Waals surface area contributed by atoms with E-state index in [1.165, 1.54) is 11.1 Å². The highest BCUT2D eigenvalue weighted by molar-refractivity contribution is 5.89. The van der Waals surface area contributed by atoms with Gasteiger partial charge in [-0.1, -0.05) is 11.6 Å². The third kappa shape index (κ3) is 3.92. The number of likely N-dealkylation sites (N-methyl/N-ethyl adjacent to an activating group) is 1. The number of benzene rings is 1. The molecule has 0 saturated carbocycles. The molecule has 0 spiro atoms. The van der Waals surface area contributed by atoms with Gasteiger partial charge in [-0.3, -0.25) is 0 Å². The second-order valence-corrected chi connectivity index (χ2v) is 6.66. The molecule has 1 heterocycles. The number of aromatic amines is 1. The Morgan fingerprint density at radius 2 is 2.05 bits per heavy atom. The number of H-pyrrole nitrogens is 1. The van der Waals surface area contributed by atoms with Gasteiger partial charge in [-0.2, -0.15) is 0 Å². The van der Waals surface area contributed by atoms with E-state index in [-0.39, 0.29) is 0 Å². The summed E-state index contributed by atoms with van der Waals surface area (Å²) in [6.45, 7) is 9.57. The first-order valence-electron chi connectivity index (χ1n) is 8.04. The molecule has 0 bridgehead atoms. The average molecular weight is 300 g/mol. The van der Waals surface area contributed by atoms with Crippen molar-refractivity contribution in [2.75, 3.05) is 13.6 Å². The van der Waals surface area contributed by atoms with Gasteiger partial charge < -0.3 is 15.0 Å². The SMILES string of the molecule is CC(C)=CCc1cc(O)c2c(CCN(C)C(C)C)c[nH]c2c1. The minimum absolute atomic E-state index is 0.387. The maximum Gasteiger partial charge on any atom is 0.125 e. The van der Waals surface area contributed by atoms with Gasteiger partial charge in [-0.15, -0.1) is 0 Å². The van der Waals surface area contributed by atoms with E-state index in [4.69, 9.17) is 0 Å². The molecule has 22 heavy (non-hydrogen) atoms. The van der Waals surface area contributed by atoms with Gasteiger partial charge in [0.1, 0.15) is 5.75 Å². The zero-order chi connectivity index (χ0) is 16.3. The standard InChI is InChI=1S/C19H28N2O/c1-13(2)6-7-15-10-17-19(18(22)11-15)16(12-20-17)8-9-21(5)14(3)4/h6,10-12,14,20,22H,7-9H2,1-5H3. The van der Waals surface area contributed by atoms with Gasteiger partial charge in [-0.05, 0) is 70.8 Å². The highest BCUT2D eigenvalue weighted by atomic mass is 16.3. The van der Waals surface area contributed by atoms with Crippen molar-refractivity contribution in [1.82, 2.24) is 9.88 Å². The topological polar surface area (TPSA) is 39.3 Å². The van der Waals surface area contributed by atoms with Gasteiger partial charge >= 0.3 is 0 Å². The molecule has 0 fully saturated rings. The summed E-state index contributed by atoms with van der Waals surface area (Å²) in [4.78, 5) is 5.63. The number of aromatic nitrogens is 1. The van der Waals surface area contributed by atoms with Crippen LogP contribution in [-0.2, 0) is 12.8 Å². The van der Waals surface area contributed by atoms with Crippen molar-refractivity contribution in [2.24, 2.45) is 0 Å². The van der Waals surface area contributed by atoms with Crippen LogP contribution < -0.4 is 0 Å². The van der Waals surface area contributed by atoms with Crippen molar-refractivity contribution in [3.8, 4) is 5.75 Å². The number of phenols is 1. The third-order valence-corrected chi connectivity index (χ3v) is 4.26. The molecule has 1 aromatic heterocycles. The number of allylic oxidation sites excluding steroid dienone is 2. The van der Waals surface area contributed by atoms with Crippen molar-refractivity contribution in [3.05, 3.63) is 41.1 Å². The van der Waals surface area contributed by atoms with E-state index < -0.39 is 0 Å². The van der Waals surface area contributed by atoms with Crippen LogP contribution in [0.3, 0.4) is 0 Å². The fraction of sp³-hybridized carbons (Fsp3) is 0.474. The lowest BCUT2D eigenvalue weighted by molar-refractivity contribution is 0.278. The molecule has 0 saturated heterocycles. The van der Waals surface area contributed by atoms with E-state index in [0.717, 1.165) is 35.9 Å². The Morgan fingerprint density at radius 1 is 1.32 bits per heavy atom. The first kappa shape index (κ1) is 16.6. The van der Waals surface area contributed by atoms with E-state index in [2.05, 4.69) is 56.8 Å². The summed E-state index contributed by atoms with van der Waals surface area (Å²) in [7, 11) is 2.14. The number of nitrogens with zero attached hydrogens (tertiary/aromatic N) is 1. The number of rotatable bonds is 6. The van der Waals surface area contributed by atoms with Gasteiger partial charge in [-0.25, -0.2) is 0 Å². The summed E-state index contributed by atoms with van der Waals surface area (Å²) < 4.78 is 0. The summed E-state index contributed by atoms with van der Waals surface area (Å²) in [5.74, 6) is 0.387. The van der Waals surface area contributed by atoms with Crippen LogP contribution in [-0.4, -0.2) is 34.6 Å². The van der Waals surface area contributed by atoms with Crippen LogP contribution >= 0.6 is 0 Å². The van der Waals surface area contributed by atoms with Crippen LogP contribution in [0.5, 0.6) is 5.75 Å². The summed E-state index contributed by atoms with van der Waals surface area (Å²) in [5, 5.41) is 11.4. The van der Waals surface area contributed by atoms with Gasteiger partial charge in [0.2, 0.25) is 0 Å². The monoisotopic (exact) mass is 300 g/mol. The lowest BCUT2D eigenvalue weighted by Crippen LogP contribution is -2.28. The van der Waals surface area contributed by atoms with Crippen LogP contribution in [0, 0.1) is 0 Å². The number of hydrogen-bond acceptors (Lipinski definition) is 2. The van der Waals surface area contributed by atoms with Crippen LogP contribution in [0.15, 0.2) is 30.0 Å². The third-order valence-electron chi connectivity index (χ3n) is 4.26. The second kappa shape index (κ2) is 7.01. The largest absolute Gasteiger partial charge is 0.507 e. The van der Waals surface area contributed by atoms with Crippen LogP contribution in [0.2, 0.25) is 0 Å². The molecular formula is C19H28N2O. The molecule has 3 nitrogen and oxygen atoms in total. The summed E-state index contributed by atoms with van der Waals surface area (Å²) >= 11 is 0. The predicted octanol–water partition coefficient (Wildman–Crippen LogP) is 4.26. The maximum absolute atomic E-state index is 10.4. The Labute approximate surface area is 133 Å². The number of phenolic OH excluding ortho intramolecular Hbond substituents is 1. The highest BCUT2D eigenvalue weighted by Gasteiger charge is 2.11. The van der Waals surface area contributed by atoms with Gasteiger partial charge in [0.25, 0.3) is 0 Å². The Hall–Kier alpha value is -1.74. The van der Waals surface area contributed by atoms with Crippen molar-refractivity contribution in [2.45, 2.75) is 46.6 Å². The van der Waals surface area contributed by atoms with Gasteiger partial charge in [0.05, 0.1) is 0 Å². The normalized spacial score (nSPS) is 11.6. The minimum atomic E-state index is 0.387. The van der Waals surface area contributed by atoms with E-state index in [9.17, 15) is 5.11 Å². The summed E-state index contributed by atoms with van der Waals surface area (Å²) in [6.07, 6.45) is 6.01. The lowest BCUT2D eigenvalue weighted by atomic mass is 10.0. The Balaban J connectivity index is 2.23.